The molecule has 0 spiro atoms. The van der Waals surface area contributed by atoms with Gasteiger partial charge in [-0.1, -0.05) is 38.5 Å². The summed E-state index contributed by atoms with van der Waals surface area (Å²) in [5, 5.41) is 0. The molecule has 15 heavy (non-hydrogen) atoms. The molecule has 86 valence electrons. The van der Waals surface area contributed by atoms with Crippen LogP contribution in [0.5, 0.6) is 0 Å². The minimum absolute atomic E-state index is 0.216. The SMILES string of the molecule is C=C(CC)CCCCCCC(=O)C(=C)C. The molecule has 0 aliphatic rings. The Hall–Kier alpha value is -0.850. The summed E-state index contributed by atoms with van der Waals surface area (Å²) in [4.78, 5) is 11.2. The van der Waals surface area contributed by atoms with E-state index in [1.807, 2.05) is 0 Å². The van der Waals surface area contributed by atoms with Crippen LogP contribution in [0.25, 0.3) is 0 Å². The molecule has 0 N–H and O–H groups in total. The smallest absolute Gasteiger partial charge is 0.157 e. The molecular weight excluding hydrogens is 184 g/mol. The van der Waals surface area contributed by atoms with Crippen molar-refractivity contribution in [2.75, 3.05) is 0 Å². The Morgan fingerprint density at radius 3 is 2.00 bits per heavy atom. The zero-order chi connectivity index (χ0) is 11.7. The minimum Gasteiger partial charge on any atom is -0.295 e. The number of rotatable bonds is 9. The van der Waals surface area contributed by atoms with Crippen LogP contribution in [0.15, 0.2) is 24.3 Å². The third kappa shape index (κ3) is 8.17. The first-order chi connectivity index (χ1) is 7.07. The summed E-state index contributed by atoms with van der Waals surface area (Å²) in [6.07, 6.45) is 7.49. The third-order valence-corrected chi connectivity index (χ3v) is 2.66. The van der Waals surface area contributed by atoms with Gasteiger partial charge in [0.1, 0.15) is 0 Å². The first-order valence-corrected chi connectivity index (χ1v) is 5.93. The highest BCUT2D eigenvalue weighted by molar-refractivity contribution is 5.93. The second kappa shape index (κ2) is 8.46. The van der Waals surface area contributed by atoms with Crippen LogP contribution in [-0.2, 0) is 4.79 Å². The van der Waals surface area contributed by atoms with Crippen molar-refractivity contribution >= 4 is 5.78 Å². The van der Waals surface area contributed by atoms with Crippen molar-refractivity contribution in [2.45, 2.75) is 58.8 Å². The summed E-state index contributed by atoms with van der Waals surface area (Å²) in [5.74, 6) is 0.216. The van der Waals surface area contributed by atoms with Gasteiger partial charge in [0.2, 0.25) is 0 Å². The minimum atomic E-state index is 0.216. The fourth-order valence-electron chi connectivity index (χ4n) is 1.40. The number of hydrogen-bond acceptors (Lipinski definition) is 1. The number of carbonyl (C=O) groups excluding carboxylic acids is 1. The molecule has 0 fully saturated rings. The molecule has 0 saturated carbocycles. The van der Waals surface area contributed by atoms with Crippen molar-refractivity contribution in [3.8, 4) is 0 Å². The van der Waals surface area contributed by atoms with Gasteiger partial charge in [-0.2, -0.15) is 0 Å². The predicted molar refractivity (Wildman–Crippen MR) is 67.0 cm³/mol. The first kappa shape index (κ1) is 14.2. The summed E-state index contributed by atoms with van der Waals surface area (Å²) in [5.41, 5.74) is 2.03. The van der Waals surface area contributed by atoms with Gasteiger partial charge >= 0.3 is 0 Å². The Kier molecular flexibility index (Phi) is 7.98. The standard InChI is InChI=1S/C14H24O/c1-5-13(4)10-8-6-7-9-11-14(15)12(2)3/h2,4-11H2,1,3H3. The lowest BCUT2D eigenvalue weighted by Crippen LogP contribution is -1.97. The lowest BCUT2D eigenvalue weighted by atomic mass is 10.0. The average molecular weight is 208 g/mol. The summed E-state index contributed by atoms with van der Waals surface area (Å²) < 4.78 is 0. The van der Waals surface area contributed by atoms with Crippen LogP contribution in [-0.4, -0.2) is 5.78 Å². The molecule has 0 rings (SSSR count). The van der Waals surface area contributed by atoms with Gasteiger partial charge in [0, 0.05) is 6.42 Å². The van der Waals surface area contributed by atoms with Crippen LogP contribution < -0.4 is 0 Å². The summed E-state index contributed by atoms with van der Waals surface area (Å²) >= 11 is 0. The highest BCUT2D eigenvalue weighted by atomic mass is 16.1. The van der Waals surface area contributed by atoms with Gasteiger partial charge in [0.05, 0.1) is 0 Å². The molecule has 1 nitrogen and oxygen atoms in total. The van der Waals surface area contributed by atoms with E-state index < -0.39 is 0 Å². The van der Waals surface area contributed by atoms with Crippen LogP contribution >= 0.6 is 0 Å². The van der Waals surface area contributed by atoms with Gasteiger partial charge < -0.3 is 0 Å². The summed E-state index contributed by atoms with van der Waals surface area (Å²) in [6.45, 7) is 11.6. The van der Waals surface area contributed by atoms with Crippen LogP contribution in [0.4, 0.5) is 0 Å². The lowest BCUT2D eigenvalue weighted by molar-refractivity contribution is -0.115. The van der Waals surface area contributed by atoms with Crippen molar-refractivity contribution in [3.05, 3.63) is 24.3 Å². The molecule has 0 radical (unpaired) electrons. The molecule has 0 saturated heterocycles. The van der Waals surface area contributed by atoms with E-state index in [4.69, 9.17) is 0 Å². The molecule has 0 heterocycles. The van der Waals surface area contributed by atoms with Crippen LogP contribution in [0, 0.1) is 0 Å². The number of Topliss-reactive ketones (excluding diaryl/α,β-unsaturated/α-hetero) is 1. The maximum absolute atomic E-state index is 11.2. The number of carbonyl (C=O) groups is 1. The van der Waals surface area contributed by atoms with Gasteiger partial charge in [-0.3, -0.25) is 4.79 Å². The van der Waals surface area contributed by atoms with Crippen molar-refractivity contribution in [1.29, 1.82) is 0 Å². The molecule has 0 aromatic rings. The molecule has 0 aromatic heterocycles. The van der Waals surface area contributed by atoms with Gasteiger partial charge in [0.15, 0.2) is 5.78 Å². The fourth-order valence-corrected chi connectivity index (χ4v) is 1.40. The zero-order valence-electron chi connectivity index (χ0n) is 10.3. The predicted octanol–water partition coefficient (Wildman–Crippen LogP) is 4.44. The van der Waals surface area contributed by atoms with Crippen LogP contribution in [0.1, 0.15) is 58.8 Å². The second-order valence-corrected chi connectivity index (χ2v) is 4.22. The van der Waals surface area contributed by atoms with E-state index in [2.05, 4.69) is 20.1 Å². The normalized spacial score (nSPS) is 10.0. The number of allylic oxidation sites excluding steroid dienone is 2. The zero-order valence-corrected chi connectivity index (χ0v) is 10.3. The summed E-state index contributed by atoms with van der Waals surface area (Å²) in [7, 11) is 0. The van der Waals surface area contributed by atoms with Gasteiger partial charge in [-0.05, 0) is 38.2 Å². The van der Waals surface area contributed by atoms with Crippen molar-refractivity contribution in [3.63, 3.8) is 0 Å². The Bertz CT molecular complexity index is 225. The van der Waals surface area contributed by atoms with E-state index in [9.17, 15) is 4.79 Å². The Morgan fingerprint density at radius 1 is 1.00 bits per heavy atom. The number of unbranched alkanes of at least 4 members (excludes halogenated alkanes) is 3. The second-order valence-electron chi connectivity index (χ2n) is 4.22. The molecule has 1 heteroatoms. The number of ketones is 1. The molecule has 0 unspecified atom stereocenters. The monoisotopic (exact) mass is 208 g/mol. The molecule has 0 aromatic carbocycles. The Balaban J connectivity index is 3.29. The van der Waals surface area contributed by atoms with Gasteiger partial charge in [0.25, 0.3) is 0 Å². The average Bonchev–Trinajstić information content (AvgIpc) is 2.22. The lowest BCUT2D eigenvalue weighted by Gasteiger charge is -2.02. The topological polar surface area (TPSA) is 17.1 Å². The van der Waals surface area contributed by atoms with Crippen molar-refractivity contribution < 1.29 is 4.79 Å². The summed E-state index contributed by atoms with van der Waals surface area (Å²) in [6, 6.07) is 0. The molecule has 0 aliphatic carbocycles. The first-order valence-electron chi connectivity index (χ1n) is 5.93. The van der Waals surface area contributed by atoms with Crippen LogP contribution in [0.2, 0.25) is 0 Å². The number of hydrogen-bond donors (Lipinski definition) is 0. The van der Waals surface area contributed by atoms with E-state index in [0.29, 0.717) is 12.0 Å². The third-order valence-electron chi connectivity index (χ3n) is 2.66. The highest BCUT2D eigenvalue weighted by Crippen LogP contribution is 2.12. The fraction of sp³-hybridized carbons (Fsp3) is 0.643. The van der Waals surface area contributed by atoms with Crippen molar-refractivity contribution in [1.82, 2.24) is 0 Å². The van der Waals surface area contributed by atoms with Crippen LogP contribution in [0.3, 0.4) is 0 Å². The molecular formula is C14H24O. The largest absolute Gasteiger partial charge is 0.295 e. The molecule has 0 amide bonds. The maximum atomic E-state index is 11.2. The molecule has 0 atom stereocenters. The van der Waals surface area contributed by atoms with Gasteiger partial charge in [-0.15, -0.1) is 0 Å². The maximum Gasteiger partial charge on any atom is 0.157 e. The Morgan fingerprint density at radius 2 is 1.53 bits per heavy atom. The van der Waals surface area contributed by atoms with E-state index in [1.165, 1.54) is 18.4 Å². The van der Waals surface area contributed by atoms with Gasteiger partial charge in [-0.25, -0.2) is 0 Å². The Labute approximate surface area is 94.3 Å². The quantitative estimate of drug-likeness (QED) is 0.311. The van der Waals surface area contributed by atoms with E-state index in [1.54, 1.807) is 6.92 Å². The molecule has 0 bridgehead atoms. The molecule has 0 aliphatic heterocycles. The highest BCUT2D eigenvalue weighted by Gasteiger charge is 2.01. The van der Waals surface area contributed by atoms with Crippen molar-refractivity contribution in [2.24, 2.45) is 0 Å². The van der Waals surface area contributed by atoms with E-state index in [0.717, 1.165) is 25.7 Å². The van der Waals surface area contributed by atoms with E-state index in [-0.39, 0.29) is 5.78 Å². The van der Waals surface area contributed by atoms with E-state index >= 15 is 0 Å².